The van der Waals surface area contributed by atoms with Crippen molar-refractivity contribution in [3.8, 4) is 0 Å². The van der Waals surface area contributed by atoms with Gasteiger partial charge in [0.2, 0.25) is 0 Å². The fourth-order valence-corrected chi connectivity index (χ4v) is 1.09. The van der Waals surface area contributed by atoms with Crippen LogP contribution >= 0.6 is 0 Å². The van der Waals surface area contributed by atoms with Gasteiger partial charge in [-0.05, 0) is 12.8 Å². The molecule has 3 heteroatoms. The maximum Gasteiger partial charge on any atom is 0.261 e. The van der Waals surface area contributed by atoms with Gasteiger partial charge in [0, 0.05) is 0 Å². The minimum absolute atomic E-state index is 0.421. The van der Waals surface area contributed by atoms with E-state index in [0.717, 1.165) is 31.8 Å². The Morgan fingerprint density at radius 2 is 1.90 bits per heavy atom. The second-order valence-electron chi connectivity index (χ2n) is 2.45. The first kappa shape index (κ1) is 7.92. The smallest absolute Gasteiger partial charge is 0.261 e. The Morgan fingerprint density at radius 1 is 1.30 bits per heavy atom. The summed E-state index contributed by atoms with van der Waals surface area (Å²) in [6.07, 6.45) is 2.49. The SMILES string of the molecule is FC(F)CO[C]1CCCC1. The Balaban J connectivity index is 2.01. The normalized spacial score (nSPS) is 20.7. The number of ether oxygens (including phenoxy) is 1. The van der Waals surface area contributed by atoms with E-state index in [9.17, 15) is 8.78 Å². The lowest BCUT2D eigenvalue weighted by Gasteiger charge is -2.07. The Bertz CT molecular complexity index is 89.6. The molecule has 1 fully saturated rings. The third-order valence-electron chi connectivity index (χ3n) is 1.57. The Labute approximate surface area is 59.4 Å². The zero-order chi connectivity index (χ0) is 7.40. The molecule has 10 heavy (non-hydrogen) atoms. The van der Waals surface area contributed by atoms with Crippen molar-refractivity contribution >= 4 is 0 Å². The molecule has 0 aromatic rings. The molecule has 0 amide bonds. The van der Waals surface area contributed by atoms with Crippen LogP contribution < -0.4 is 0 Å². The highest BCUT2D eigenvalue weighted by molar-refractivity contribution is 4.84. The first-order valence-corrected chi connectivity index (χ1v) is 3.54. The molecule has 0 heterocycles. The third-order valence-corrected chi connectivity index (χ3v) is 1.57. The van der Waals surface area contributed by atoms with Crippen LogP contribution in [0.25, 0.3) is 0 Å². The molecule has 0 unspecified atom stereocenters. The number of rotatable bonds is 3. The molecule has 59 valence electrons. The molecular formula is C7H11F2O. The van der Waals surface area contributed by atoms with Crippen molar-refractivity contribution in [3.05, 3.63) is 6.10 Å². The largest absolute Gasteiger partial charge is 0.366 e. The van der Waals surface area contributed by atoms with Crippen molar-refractivity contribution in [1.82, 2.24) is 0 Å². The molecule has 1 aliphatic rings. The summed E-state index contributed by atoms with van der Waals surface area (Å²) in [5.74, 6) is 0. The summed E-state index contributed by atoms with van der Waals surface area (Å²) < 4.78 is 27.9. The molecule has 0 bridgehead atoms. The van der Waals surface area contributed by atoms with Crippen LogP contribution in [0.4, 0.5) is 8.78 Å². The molecule has 1 radical (unpaired) electrons. The van der Waals surface area contributed by atoms with Crippen molar-refractivity contribution in [2.45, 2.75) is 32.1 Å². The Hall–Kier alpha value is -0.180. The van der Waals surface area contributed by atoms with E-state index in [1.54, 1.807) is 0 Å². The fourth-order valence-electron chi connectivity index (χ4n) is 1.09. The highest BCUT2D eigenvalue weighted by atomic mass is 19.3. The summed E-state index contributed by atoms with van der Waals surface area (Å²) in [4.78, 5) is 0. The van der Waals surface area contributed by atoms with E-state index in [-0.39, 0.29) is 0 Å². The van der Waals surface area contributed by atoms with Gasteiger partial charge in [-0.15, -0.1) is 0 Å². The van der Waals surface area contributed by atoms with Crippen LogP contribution in [0.3, 0.4) is 0 Å². The van der Waals surface area contributed by atoms with Crippen LogP contribution in [0.5, 0.6) is 0 Å². The zero-order valence-electron chi connectivity index (χ0n) is 5.78. The van der Waals surface area contributed by atoms with Gasteiger partial charge >= 0.3 is 0 Å². The van der Waals surface area contributed by atoms with Gasteiger partial charge in [-0.3, -0.25) is 0 Å². The van der Waals surface area contributed by atoms with Gasteiger partial charge < -0.3 is 4.74 Å². The maximum absolute atomic E-state index is 11.5. The average molecular weight is 149 g/mol. The maximum atomic E-state index is 11.5. The van der Waals surface area contributed by atoms with E-state index in [1.165, 1.54) is 0 Å². The standard InChI is InChI=1S/C7H11F2O/c8-7(9)5-10-6-3-1-2-4-6/h7H,1-5H2. The molecule has 0 aromatic carbocycles. The molecular weight excluding hydrogens is 138 g/mol. The third kappa shape index (κ3) is 2.60. The molecule has 0 aliphatic heterocycles. The molecule has 1 aliphatic carbocycles. The van der Waals surface area contributed by atoms with Gasteiger partial charge in [-0.25, -0.2) is 8.78 Å². The lowest BCUT2D eigenvalue weighted by atomic mass is 10.3. The van der Waals surface area contributed by atoms with E-state index < -0.39 is 13.0 Å². The number of halogens is 2. The van der Waals surface area contributed by atoms with Crippen LogP contribution in [0.1, 0.15) is 25.7 Å². The summed E-state index contributed by atoms with van der Waals surface area (Å²) in [5, 5.41) is 0. The topological polar surface area (TPSA) is 9.23 Å². The lowest BCUT2D eigenvalue weighted by molar-refractivity contribution is 0.0216. The van der Waals surface area contributed by atoms with E-state index in [1.807, 2.05) is 0 Å². The van der Waals surface area contributed by atoms with Crippen LogP contribution in [-0.4, -0.2) is 13.0 Å². The minimum atomic E-state index is -2.33. The van der Waals surface area contributed by atoms with Crippen molar-refractivity contribution in [2.75, 3.05) is 6.61 Å². The quantitative estimate of drug-likeness (QED) is 0.598. The van der Waals surface area contributed by atoms with Gasteiger partial charge in [0.25, 0.3) is 6.43 Å². The Morgan fingerprint density at radius 3 is 2.40 bits per heavy atom. The molecule has 0 saturated heterocycles. The van der Waals surface area contributed by atoms with E-state index in [2.05, 4.69) is 0 Å². The van der Waals surface area contributed by atoms with E-state index >= 15 is 0 Å². The number of hydrogen-bond acceptors (Lipinski definition) is 1. The molecule has 0 aromatic heterocycles. The molecule has 1 rings (SSSR count). The lowest BCUT2D eigenvalue weighted by Crippen LogP contribution is -2.07. The number of hydrogen-bond donors (Lipinski definition) is 0. The molecule has 0 atom stereocenters. The molecule has 0 N–H and O–H groups in total. The van der Waals surface area contributed by atoms with Gasteiger partial charge in [-0.2, -0.15) is 0 Å². The average Bonchev–Trinajstić information content (AvgIpc) is 2.34. The van der Waals surface area contributed by atoms with Crippen LogP contribution in [0.2, 0.25) is 0 Å². The predicted molar refractivity (Wildman–Crippen MR) is 33.7 cm³/mol. The summed E-state index contributed by atoms with van der Waals surface area (Å²) in [6, 6.07) is 0. The molecule has 1 nitrogen and oxygen atoms in total. The van der Waals surface area contributed by atoms with Gasteiger partial charge in [0.1, 0.15) is 6.61 Å². The van der Waals surface area contributed by atoms with Gasteiger partial charge in [-0.1, -0.05) is 12.8 Å². The van der Waals surface area contributed by atoms with Crippen LogP contribution in [0.15, 0.2) is 0 Å². The highest BCUT2D eigenvalue weighted by Crippen LogP contribution is 2.27. The first-order chi connectivity index (χ1) is 4.79. The van der Waals surface area contributed by atoms with Crippen molar-refractivity contribution in [1.29, 1.82) is 0 Å². The van der Waals surface area contributed by atoms with Crippen LogP contribution in [0, 0.1) is 6.10 Å². The highest BCUT2D eigenvalue weighted by Gasteiger charge is 2.17. The van der Waals surface area contributed by atoms with Gasteiger partial charge in [0.15, 0.2) is 0 Å². The zero-order valence-corrected chi connectivity index (χ0v) is 5.78. The minimum Gasteiger partial charge on any atom is -0.366 e. The molecule has 0 spiro atoms. The summed E-state index contributed by atoms with van der Waals surface area (Å²) in [6.45, 7) is -0.421. The van der Waals surface area contributed by atoms with Crippen LogP contribution in [-0.2, 0) is 4.74 Å². The monoisotopic (exact) mass is 149 g/mol. The summed E-state index contributed by atoms with van der Waals surface area (Å²) >= 11 is 0. The first-order valence-electron chi connectivity index (χ1n) is 3.54. The summed E-state index contributed by atoms with van der Waals surface area (Å²) in [5.41, 5.74) is 0. The second-order valence-corrected chi connectivity index (χ2v) is 2.45. The van der Waals surface area contributed by atoms with Crippen molar-refractivity contribution < 1.29 is 13.5 Å². The number of alkyl halides is 2. The van der Waals surface area contributed by atoms with Crippen molar-refractivity contribution in [3.63, 3.8) is 0 Å². The fraction of sp³-hybridized carbons (Fsp3) is 0.857. The second kappa shape index (κ2) is 3.86. The summed E-state index contributed by atoms with van der Waals surface area (Å²) in [7, 11) is 0. The van der Waals surface area contributed by atoms with Crippen molar-refractivity contribution in [2.24, 2.45) is 0 Å². The van der Waals surface area contributed by atoms with Gasteiger partial charge in [0.05, 0.1) is 6.10 Å². The Kier molecular flexibility index (Phi) is 3.06. The van der Waals surface area contributed by atoms with E-state index in [0.29, 0.717) is 0 Å². The van der Waals surface area contributed by atoms with E-state index in [4.69, 9.17) is 4.74 Å². The molecule has 1 saturated carbocycles. The predicted octanol–water partition coefficient (Wildman–Crippen LogP) is 2.37.